The lowest BCUT2D eigenvalue weighted by atomic mass is 10.0. The topological polar surface area (TPSA) is 123 Å². The number of carbonyl (C=O) groups is 3. The fourth-order valence-corrected chi connectivity index (χ4v) is 3.76. The molecule has 0 radical (unpaired) electrons. The molecular formula is C27H52N2O7. The van der Waals surface area contributed by atoms with Gasteiger partial charge in [-0.25, -0.2) is 0 Å². The number of hydrogen-bond acceptors (Lipinski definition) is 6. The van der Waals surface area contributed by atoms with E-state index < -0.39 is 5.97 Å². The van der Waals surface area contributed by atoms with Crippen molar-refractivity contribution in [3.05, 3.63) is 0 Å². The van der Waals surface area contributed by atoms with Gasteiger partial charge in [0.1, 0.15) is 6.61 Å². The van der Waals surface area contributed by atoms with Crippen LogP contribution >= 0.6 is 0 Å². The summed E-state index contributed by atoms with van der Waals surface area (Å²) in [6, 6.07) is 0. The van der Waals surface area contributed by atoms with Crippen molar-refractivity contribution in [3.8, 4) is 0 Å². The number of unbranched alkanes of at least 4 members (excludes halogenated alkanes) is 13. The van der Waals surface area contributed by atoms with Crippen LogP contribution in [0, 0.1) is 0 Å². The molecular weight excluding hydrogens is 464 g/mol. The summed E-state index contributed by atoms with van der Waals surface area (Å²) in [5.74, 6) is -0.786. The van der Waals surface area contributed by atoms with Gasteiger partial charge >= 0.3 is 5.97 Å². The SMILES string of the molecule is COCCNC(=O)COCCOCCNC(=O)CCCCCCCCCCCCCCCCC(=O)O. The number of rotatable bonds is 28. The molecule has 0 aliphatic carbocycles. The highest BCUT2D eigenvalue weighted by Crippen LogP contribution is 2.13. The van der Waals surface area contributed by atoms with E-state index in [1.165, 1.54) is 57.8 Å². The molecule has 0 aromatic carbocycles. The molecule has 0 rings (SSSR count). The van der Waals surface area contributed by atoms with E-state index in [4.69, 9.17) is 19.3 Å². The summed E-state index contributed by atoms with van der Waals surface area (Å²) in [7, 11) is 1.58. The van der Waals surface area contributed by atoms with Crippen LogP contribution in [0.5, 0.6) is 0 Å². The molecule has 9 nitrogen and oxygen atoms in total. The maximum absolute atomic E-state index is 11.9. The van der Waals surface area contributed by atoms with Crippen molar-refractivity contribution >= 4 is 17.8 Å². The number of nitrogens with one attached hydrogen (secondary N) is 2. The van der Waals surface area contributed by atoms with Gasteiger partial charge in [-0.3, -0.25) is 14.4 Å². The van der Waals surface area contributed by atoms with Gasteiger partial charge in [0, 0.05) is 33.0 Å². The van der Waals surface area contributed by atoms with Crippen LogP contribution in [-0.4, -0.2) is 76.1 Å². The van der Waals surface area contributed by atoms with Gasteiger partial charge in [-0.2, -0.15) is 0 Å². The quantitative estimate of drug-likeness (QED) is 0.133. The third kappa shape index (κ3) is 28.5. The Morgan fingerprint density at radius 3 is 1.53 bits per heavy atom. The highest BCUT2D eigenvalue weighted by molar-refractivity contribution is 5.77. The highest BCUT2D eigenvalue weighted by Gasteiger charge is 2.02. The van der Waals surface area contributed by atoms with E-state index in [1.807, 2.05) is 0 Å². The molecule has 0 saturated heterocycles. The molecule has 2 amide bonds. The molecule has 0 aromatic heterocycles. The minimum Gasteiger partial charge on any atom is -0.481 e. The van der Waals surface area contributed by atoms with Crippen molar-refractivity contribution in [1.82, 2.24) is 10.6 Å². The lowest BCUT2D eigenvalue weighted by molar-refractivity contribution is -0.137. The molecule has 212 valence electrons. The second kappa shape index (κ2) is 27.9. The lowest BCUT2D eigenvalue weighted by Crippen LogP contribution is -2.31. The fourth-order valence-electron chi connectivity index (χ4n) is 3.76. The third-order valence-electron chi connectivity index (χ3n) is 5.85. The maximum Gasteiger partial charge on any atom is 0.303 e. The van der Waals surface area contributed by atoms with Crippen LogP contribution in [0.2, 0.25) is 0 Å². The number of amides is 2. The Morgan fingerprint density at radius 1 is 0.556 bits per heavy atom. The van der Waals surface area contributed by atoms with E-state index >= 15 is 0 Å². The van der Waals surface area contributed by atoms with Crippen molar-refractivity contribution in [1.29, 1.82) is 0 Å². The molecule has 0 aromatic rings. The van der Waals surface area contributed by atoms with Crippen LogP contribution in [0.15, 0.2) is 0 Å². The molecule has 9 heteroatoms. The molecule has 36 heavy (non-hydrogen) atoms. The Labute approximate surface area is 218 Å². The number of carboxylic acids is 1. The Morgan fingerprint density at radius 2 is 1.00 bits per heavy atom. The number of carboxylic acid groups (broad SMARTS) is 1. The molecule has 0 fully saturated rings. The average molecular weight is 517 g/mol. The number of methoxy groups -OCH3 is 1. The van der Waals surface area contributed by atoms with Crippen LogP contribution in [-0.2, 0) is 28.6 Å². The van der Waals surface area contributed by atoms with Gasteiger partial charge in [0.25, 0.3) is 0 Å². The van der Waals surface area contributed by atoms with E-state index in [0.29, 0.717) is 52.4 Å². The van der Waals surface area contributed by atoms with Crippen molar-refractivity contribution in [2.75, 3.05) is 53.2 Å². The first kappa shape index (κ1) is 34.3. The molecule has 0 unspecified atom stereocenters. The van der Waals surface area contributed by atoms with Crippen LogP contribution in [0.25, 0.3) is 0 Å². The van der Waals surface area contributed by atoms with Gasteiger partial charge in [-0.15, -0.1) is 0 Å². The summed E-state index contributed by atoms with van der Waals surface area (Å²) in [5.41, 5.74) is 0. The number of hydrogen-bond donors (Lipinski definition) is 3. The second-order valence-electron chi connectivity index (χ2n) is 9.20. The summed E-state index contributed by atoms with van der Waals surface area (Å²) >= 11 is 0. The van der Waals surface area contributed by atoms with Crippen molar-refractivity contribution < 1.29 is 33.7 Å². The third-order valence-corrected chi connectivity index (χ3v) is 5.85. The molecule has 0 bridgehead atoms. The van der Waals surface area contributed by atoms with Gasteiger partial charge in [0.2, 0.25) is 11.8 Å². The Balaban J connectivity index is 3.22. The first-order valence-corrected chi connectivity index (χ1v) is 14.0. The van der Waals surface area contributed by atoms with E-state index in [-0.39, 0.29) is 18.4 Å². The summed E-state index contributed by atoms with van der Waals surface area (Å²) in [6.45, 7) is 2.59. The van der Waals surface area contributed by atoms with Crippen LogP contribution in [0.4, 0.5) is 0 Å². The molecule has 3 N–H and O–H groups in total. The molecule has 0 atom stereocenters. The first-order valence-electron chi connectivity index (χ1n) is 14.0. The van der Waals surface area contributed by atoms with Gasteiger partial charge in [0.05, 0.1) is 26.4 Å². The van der Waals surface area contributed by atoms with Crippen molar-refractivity contribution in [3.63, 3.8) is 0 Å². The Hall–Kier alpha value is -1.71. The predicted molar refractivity (Wildman–Crippen MR) is 141 cm³/mol. The zero-order chi connectivity index (χ0) is 26.5. The molecule has 0 saturated carbocycles. The summed E-state index contributed by atoms with van der Waals surface area (Å²) in [4.78, 5) is 33.7. The Bertz CT molecular complexity index is 532. The summed E-state index contributed by atoms with van der Waals surface area (Å²) < 4.78 is 15.5. The van der Waals surface area contributed by atoms with Gasteiger partial charge in [0.15, 0.2) is 0 Å². The van der Waals surface area contributed by atoms with E-state index in [0.717, 1.165) is 32.1 Å². The second-order valence-corrected chi connectivity index (χ2v) is 9.20. The van der Waals surface area contributed by atoms with Gasteiger partial charge < -0.3 is 30.0 Å². The van der Waals surface area contributed by atoms with E-state index in [1.54, 1.807) is 7.11 Å². The zero-order valence-electron chi connectivity index (χ0n) is 22.7. The van der Waals surface area contributed by atoms with E-state index in [9.17, 15) is 14.4 Å². The van der Waals surface area contributed by atoms with Crippen LogP contribution < -0.4 is 10.6 Å². The largest absolute Gasteiger partial charge is 0.481 e. The first-order chi connectivity index (χ1) is 17.6. The average Bonchev–Trinajstić information content (AvgIpc) is 2.85. The van der Waals surface area contributed by atoms with Gasteiger partial charge in [-0.05, 0) is 12.8 Å². The minimum atomic E-state index is -0.684. The normalized spacial score (nSPS) is 10.9. The smallest absolute Gasteiger partial charge is 0.303 e. The minimum absolute atomic E-state index is 0.00370. The summed E-state index contributed by atoms with van der Waals surface area (Å²) in [6.07, 6.45) is 17.3. The van der Waals surface area contributed by atoms with Crippen LogP contribution in [0.3, 0.4) is 0 Å². The molecule has 0 aliphatic heterocycles. The standard InChI is InChI=1S/C27H52N2O7/c1-34-20-18-29-26(31)24-36-23-22-35-21-19-28-25(30)16-14-12-10-8-6-4-2-3-5-7-9-11-13-15-17-27(32)33/h2-24H2,1H3,(H,28,30)(H,29,31)(H,32,33). The monoisotopic (exact) mass is 516 g/mol. The summed E-state index contributed by atoms with van der Waals surface area (Å²) in [5, 5.41) is 14.1. The zero-order valence-corrected chi connectivity index (χ0v) is 22.7. The highest BCUT2D eigenvalue weighted by atomic mass is 16.5. The molecule has 0 spiro atoms. The van der Waals surface area contributed by atoms with Crippen molar-refractivity contribution in [2.24, 2.45) is 0 Å². The Kier molecular flexibility index (Phi) is 26.5. The fraction of sp³-hybridized carbons (Fsp3) is 0.889. The maximum atomic E-state index is 11.9. The van der Waals surface area contributed by atoms with E-state index in [2.05, 4.69) is 10.6 Å². The van der Waals surface area contributed by atoms with Crippen LogP contribution in [0.1, 0.15) is 103 Å². The number of carbonyl (C=O) groups excluding carboxylic acids is 2. The number of aliphatic carboxylic acids is 1. The van der Waals surface area contributed by atoms with Crippen molar-refractivity contribution in [2.45, 2.75) is 103 Å². The molecule has 0 heterocycles. The lowest BCUT2D eigenvalue weighted by Gasteiger charge is -2.08. The predicted octanol–water partition coefficient (Wildman–Crippen LogP) is 4.22. The van der Waals surface area contributed by atoms with Gasteiger partial charge in [-0.1, -0.05) is 77.0 Å². The molecule has 0 aliphatic rings. The number of ether oxygens (including phenoxy) is 3.